The van der Waals surface area contributed by atoms with Crippen LogP contribution in [0.15, 0.2) is 24.3 Å². The Morgan fingerprint density at radius 3 is 2.47 bits per heavy atom. The van der Waals surface area contributed by atoms with Crippen LogP contribution in [0.2, 0.25) is 0 Å². The van der Waals surface area contributed by atoms with Crippen LogP contribution >= 0.6 is 11.6 Å². The van der Waals surface area contributed by atoms with Gasteiger partial charge in [-0.15, -0.1) is 11.6 Å². The van der Waals surface area contributed by atoms with Crippen LogP contribution in [-0.4, -0.2) is 36.9 Å². The van der Waals surface area contributed by atoms with Crippen LogP contribution < -0.4 is 4.74 Å². The van der Waals surface area contributed by atoms with E-state index >= 15 is 0 Å². The van der Waals surface area contributed by atoms with Gasteiger partial charge >= 0.3 is 0 Å². The second-order valence-electron chi connectivity index (χ2n) is 4.02. The van der Waals surface area contributed by atoms with E-state index in [9.17, 15) is 4.79 Å². The fourth-order valence-electron chi connectivity index (χ4n) is 1.43. The summed E-state index contributed by atoms with van der Waals surface area (Å²) in [6.45, 7) is 2.59. The normalized spacial score (nSPS) is 12.0. The molecule has 0 heterocycles. The number of hydrogen-bond donors (Lipinski definition) is 0. The Balaban J connectivity index is 2.61. The zero-order valence-electron chi connectivity index (χ0n) is 10.4. The number of carbonyl (C=O) groups is 1. The quantitative estimate of drug-likeness (QED) is 0.758. The largest absolute Gasteiger partial charge is 0.497 e. The molecule has 0 radical (unpaired) electrons. The smallest absolute Gasteiger partial charge is 0.253 e. The van der Waals surface area contributed by atoms with Crippen molar-refractivity contribution in [2.45, 2.75) is 18.7 Å². The van der Waals surface area contributed by atoms with Crippen molar-refractivity contribution < 1.29 is 9.53 Å². The highest BCUT2D eigenvalue weighted by Gasteiger charge is 2.11. The molecule has 4 heteroatoms. The minimum Gasteiger partial charge on any atom is -0.497 e. The zero-order chi connectivity index (χ0) is 12.8. The van der Waals surface area contributed by atoms with Crippen LogP contribution in [0, 0.1) is 0 Å². The van der Waals surface area contributed by atoms with Crippen LogP contribution in [-0.2, 0) is 0 Å². The minimum absolute atomic E-state index is 0.00460. The summed E-state index contributed by atoms with van der Waals surface area (Å²) in [5.74, 6) is 0.753. The highest BCUT2D eigenvalue weighted by Crippen LogP contribution is 2.13. The van der Waals surface area contributed by atoms with Gasteiger partial charge in [0.15, 0.2) is 0 Å². The number of benzene rings is 1. The predicted octanol–water partition coefficient (Wildman–Crippen LogP) is 2.78. The fourth-order valence-corrected chi connectivity index (χ4v) is 1.52. The molecule has 0 spiro atoms. The molecule has 0 aliphatic carbocycles. The van der Waals surface area contributed by atoms with Crippen molar-refractivity contribution in [1.29, 1.82) is 0 Å². The third-order valence-electron chi connectivity index (χ3n) is 2.55. The number of ether oxygens (including phenoxy) is 1. The molecule has 94 valence electrons. The third-order valence-corrected chi connectivity index (χ3v) is 2.76. The molecular formula is C13H18ClNO2. The number of amides is 1. The lowest BCUT2D eigenvalue weighted by Gasteiger charge is -2.17. The lowest BCUT2D eigenvalue weighted by atomic mass is 10.2. The molecule has 0 aromatic heterocycles. The fraction of sp³-hybridized carbons (Fsp3) is 0.462. The maximum atomic E-state index is 12.0. The monoisotopic (exact) mass is 255 g/mol. The van der Waals surface area contributed by atoms with Crippen molar-refractivity contribution in [1.82, 2.24) is 4.90 Å². The van der Waals surface area contributed by atoms with Crippen molar-refractivity contribution in [3.05, 3.63) is 29.8 Å². The average Bonchev–Trinajstić information content (AvgIpc) is 2.35. The minimum atomic E-state index is 0.00460. The Hall–Kier alpha value is -1.22. The number of nitrogens with zero attached hydrogens (tertiary/aromatic N) is 1. The van der Waals surface area contributed by atoms with Crippen LogP contribution in [0.25, 0.3) is 0 Å². The first-order chi connectivity index (χ1) is 8.04. The predicted molar refractivity (Wildman–Crippen MR) is 69.9 cm³/mol. The summed E-state index contributed by atoms with van der Waals surface area (Å²) in [4.78, 5) is 13.7. The molecule has 1 unspecified atom stereocenters. The second kappa shape index (κ2) is 6.50. The topological polar surface area (TPSA) is 29.5 Å². The average molecular weight is 256 g/mol. The van der Waals surface area contributed by atoms with E-state index in [1.54, 1.807) is 43.3 Å². The van der Waals surface area contributed by atoms with Gasteiger partial charge in [0.1, 0.15) is 5.75 Å². The number of methoxy groups -OCH3 is 1. The van der Waals surface area contributed by atoms with E-state index in [0.29, 0.717) is 12.1 Å². The van der Waals surface area contributed by atoms with E-state index in [2.05, 4.69) is 0 Å². The van der Waals surface area contributed by atoms with Gasteiger partial charge in [-0.05, 0) is 37.6 Å². The Kier molecular flexibility index (Phi) is 5.29. The maximum absolute atomic E-state index is 12.0. The van der Waals surface area contributed by atoms with Crippen molar-refractivity contribution in [3.63, 3.8) is 0 Å². The third kappa shape index (κ3) is 4.27. The molecular weight excluding hydrogens is 238 g/mol. The van der Waals surface area contributed by atoms with E-state index in [-0.39, 0.29) is 11.3 Å². The Labute approximate surface area is 107 Å². The molecule has 1 atom stereocenters. The summed E-state index contributed by atoms with van der Waals surface area (Å²) < 4.78 is 5.05. The number of hydrogen-bond acceptors (Lipinski definition) is 2. The number of halogens is 1. The van der Waals surface area contributed by atoms with Crippen LogP contribution in [0.1, 0.15) is 23.7 Å². The molecule has 0 aliphatic rings. The molecule has 0 saturated heterocycles. The Morgan fingerprint density at radius 2 is 2.00 bits per heavy atom. The molecule has 0 N–H and O–H groups in total. The first kappa shape index (κ1) is 13.8. The summed E-state index contributed by atoms with van der Waals surface area (Å²) in [7, 11) is 3.39. The molecule has 1 aromatic rings. The lowest BCUT2D eigenvalue weighted by Crippen LogP contribution is -2.28. The van der Waals surface area contributed by atoms with Gasteiger partial charge in [0.05, 0.1) is 7.11 Å². The zero-order valence-corrected chi connectivity index (χ0v) is 11.2. The molecule has 0 fully saturated rings. The van der Waals surface area contributed by atoms with E-state index in [1.165, 1.54) is 0 Å². The van der Waals surface area contributed by atoms with Gasteiger partial charge in [0.2, 0.25) is 0 Å². The van der Waals surface area contributed by atoms with Crippen LogP contribution in [0.3, 0.4) is 0 Å². The van der Waals surface area contributed by atoms with Crippen molar-refractivity contribution in [2.24, 2.45) is 0 Å². The standard InChI is InChI=1S/C13H18ClNO2/c1-10(14)8-9-15(2)13(16)11-4-6-12(17-3)7-5-11/h4-7,10H,8-9H2,1-3H3. The van der Waals surface area contributed by atoms with Gasteiger partial charge < -0.3 is 9.64 Å². The van der Waals surface area contributed by atoms with E-state index in [0.717, 1.165) is 12.2 Å². The van der Waals surface area contributed by atoms with Crippen molar-refractivity contribution >= 4 is 17.5 Å². The van der Waals surface area contributed by atoms with Gasteiger partial charge in [-0.3, -0.25) is 4.79 Å². The summed E-state index contributed by atoms with van der Waals surface area (Å²) in [5.41, 5.74) is 0.663. The first-order valence-electron chi connectivity index (χ1n) is 5.58. The van der Waals surface area contributed by atoms with Crippen LogP contribution in [0.5, 0.6) is 5.75 Å². The molecule has 0 aliphatic heterocycles. The molecule has 0 saturated carbocycles. The van der Waals surface area contributed by atoms with E-state index in [1.807, 2.05) is 6.92 Å². The Morgan fingerprint density at radius 1 is 1.41 bits per heavy atom. The molecule has 1 aromatic carbocycles. The van der Waals surface area contributed by atoms with Crippen LogP contribution in [0.4, 0.5) is 0 Å². The molecule has 0 bridgehead atoms. The van der Waals surface area contributed by atoms with Gasteiger partial charge in [-0.2, -0.15) is 0 Å². The van der Waals surface area contributed by atoms with Gasteiger partial charge in [0, 0.05) is 24.5 Å². The first-order valence-corrected chi connectivity index (χ1v) is 6.02. The van der Waals surface area contributed by atoms with Gasteiger partial charge in [-0.1, -0.05) is 0 Å². The molecule has 1 rings (SSSR count). The maximum Gasteiger partial charge on any atom is 0.253 e. The van der Waals surface area contributed by atoms with Crippen molar-refractivity contribution in [3.8, 4) is 5.75 Å². The lowest BCUT2D eigenvalue weighted by molar-refractivity contribution is 0.0793. The highest BCUT2D eigenvalue weighted by atomic mass is 35.5. The van der Waals surface area contributed by atoms with Gasteiger partial charge in [-0.25, -0.2) is 0 Å². The van der Waals surface area contributed by atoms with Crippen molar-refractivity contribution in [2.75, 3.05) is 20.7 Å². The highest BCUT2D eigenvalue weighted by molar-refractivity contribution is 6.20. The summed E-state index contributed by atoms with van der Waals surface area (Å²) in [5, 5.41) is 0.0844. The SMILES string of the molecule is COc1ccc(C(=O)N(C)CCC(C)Cl)cc1. The number of carbonyl (C=O) groups excluding carboxylic acids is 1. The number of rotatable bonds is 5. The van der Waals surface area contributed by atoms with E-state index in [4.69, 9.17) is 16.3 Å². The molecule has 17 heavy (non-hydrogen) atoms. The summed E-state index contributed by atoms with van der Waals surface area (Å²) >= 11 is 5.86. The molecule has 3 nitrogen and oxygen atoms in total. The van der Waals surface area contributed by atoms with E-state index < -0.39 is 0 Å². The van der Waals surface area contributed by atoms with Gasteiger partial charge in [0.25, 0.3) is 5.91 Å². The Bertz CT molecular complexity index is 362. The summed E-state index contributed by atoms with van der Waals surface area (Å²) in [6, 6.07) is 7.10. The second-order valence-corrected chi connectivity index (χ2v) is 4.77. The summed E-state index contributed by atoms with van der Waals surface area (Å²) in [6.07, 6.45) is 0.792. The number of alkyl halides is 1. The molecule has 1 amide bonds.